The molecule has 0 radical (unpaired) electrons. The van der Waals surface area contributed by atoms with Crippen molar-refractivity contribution in [1.82, 2.24) is 9.61 Å². The van der Waals surface area contributed by atoms with Crippen molar-refractivity contribution in [2.24, 2.45) is 0 Å². The number of nitrogens with zero attached hydrogens (tertiary/aromatic N) is 3. The van der Waals surface area contributed by atoms with E-state index in [1.165, 1.54) is 0 Å². The zero-order valence-electron chi connectivity index (χ0n) is 24.5. The summed E-state index contributed by atoms with van der Waals surface area (Å²) in [6.45, 7) is 18.8. The summed E-state index contributed by atoms with van der Waals surface area (Å²) in [5, 5.41) is 14.1. The standard InChI is InChI=1S/C29H40N4O5Si/c1-10-36-21-13-11-20(12-14-21)27(35)33(38-28(2,3)4)26-22(16-18-37-39(8,9)29(5,6)7)25(34)23(19-30)24-15-17-31-32(24)26/h11-15,17,31H,10,16,18H2,1-9H3. The average molecular weight is 553 g/mol. The number of carbonyl (C=O) groups is 1. The van der Waals surface area contributed by atoms with Crippen LogP contribution in [0.25, 0.3) is 5.52 Å². The van der Waals surface area contributed by atoms with Crippen LogP contribution in [-0.4, -0.2) is 42.7 Å². The van der Waals surface area contributed by atoms with E-state index in [1.807, 2.05) is 33.8 Å². The van der Waals surface area contributed by atoms with Gasteiger partial charge in [-0.25, -0.2) is 4.52 Å². The van der Waals surface area contributed by atoms with Crippen LogP contribution in [0.2, 0.25) is 18.1 Å². The average Bonchev–Trinajstić information content (AvgIpc) is 3.31. The Balaban J connectivity index is 2.19. The highest BCUT2D eigenvalue weighted by Crippen LogP contribution is 2.37. The number of ether oxygens (including phenoxy) is 1. The molecule has 0 saturated heterocycles. The molecular weight excluding hydrogens is 512 g/mol. The van der Waals surface area contributed by atoms with E-state index in [1.54, 1.807) is 41.0 Å². The Morgan fingerprint density at radius 3 is 2.28 bits per heavy atom. The first-order valence-corrected chi connectivity index (χ1v) is 16.1. The predicted octanol–water partition coefficient (Wildman–Crippen LogP) is 5.84. The van der Waals surface area contributed by atoms with Gasteiger partial charge in [-0.1, -0.05) is 20.8 Å². The smallest absolute Gasteiger partial charge is 0.283 e. The highest BCUT2D eigenvalue weighted by Gasteiger charge is 2.37. The van der Waals surface area contributed by atoms with E-state index in [9.17, 15) is 14.9 Å². The lowest BCUT2D eigenvalue weighted by atomic mass is 10.1. The molecule has 39 heavy (non-hydrogen) atoms. The van der Waals surface area contributed by atoms with Gasteiger partial charge in [0.25, 0.3) is 5.91 Å². The van der Waals surface area contributed by atoms with Gasteiger partial charge in [-0.15, -0.1) is 0 Å². The second kappa shape index (κ2) is 11.4. The molecule has 0 aliphatic carbocycles. The maximum atomic E-state index is 14.0. The van der Waals surface area contributed by atoms with Crippen LogP contribution >= 0.6 is 0 Å². The van der Waals surface area contributed by atoms with Gasteiger partial charge in [0.05, 0.1) is 17.7 Å². The number of hydrogen-bond acceptors (Lipinski definition) is 6. The highest BCUT2D eigenvalue weighted by molar-refractivity contribution is 6.74. The fourth-order valence-corrected chi connectivity index (χ4v) is 4.86. The number of nitrogens with one attached hydrogen (secondary N) is 1. The van der Waals surface area contributed by atoms with E-state index in [0.717, 1.165) is 5.06 Å². The molecular formula is C29H40N4O5Si. The number of hydroxylamine groups is 1. The van der Waals surface area contributed by atoms with Crippen molar-refractivity contribution in [3.63, 3.8) is 0 Å². The van der Waals surface area contributed by atoms with Crippen LogP contribution in [0.1, 0.15) is 70.0 Å². The normalized spacial score (nSPS) is 12.4. The number of aromatic nitrogens is 2. The fourth-order valence-electron chi connectivity index (χ4n) is 3.81. The third kappa shape index (κ3) is 6.61. The Kier molecular flexibility index (Phi) is 8.80. The van der Waals surface area contributed by atoms with Crippen LogP contribution in [0.4, 0.5) is 5.82 Å². The Hall–Kier alpha value is -3.39. The van der Waals surface area contributed by atoms with E-state index in [-0.39, 0.29) is 35.0 Å². The highest BCUT2D eigenvalue weighted by atomic mass is 28.4. The molecule has 9 nitrogen and oxygen atoms in total. The van der Waals surface area contributed by atoms with Crippen molar-refractivity contribution >= 4 is 25.6 Å². The van der Waals surface area contributed by atoms with Gasteiger partial charge in [-0.3, -0.25) is 19.5 Å². The largest absolute Gasteiger partial charge is 0.494 e. The molecule has 0 atom stereocenters. The summed E-state index contributed by atoms with van der Waals surface area (Å²) in [6, 6.07) is 10.4. The van der Waals surface area contributed by atoms with Crippen LogP contribution in [-0.2, 0) is 15.7 Å². The lowest BCUT2D eigenvalue weighted by molar-refractivity contribution is -0.0174. The number of rotatable bonds is 9. The number of nitriles is 1. The van der Waals surface area contributed by atoms with Crippen molar-refractivity contribution < 1.29 is 18.8 Å². The first kappa shape index (κ1) is 30.2. The molecule has 2 heterocycles. The summed E-state index contributed by atoms with van der Waals surface area (Å²) in [4.78, 5) is 33.9. The molecule has 0 aliphatic rings. The minimum absolute atomic E-state index is 0.00782. The second-order valence-electron chi connectivity index (χ2n) is 11.9. The van der Waals surface area contributed by atoms with E-state index >= 15 is 0 Å². The lowest BCUT2D eigenvalue weighted by Gasteiger charge is -2.36. The maximum absolute atomic E-state index is 14.0. The molecule has 3 rings (SSSR count). The summed E-state index contributed by atoms with van der Waals surface area (Å²) in [6.07, 6.45) is 1.81. The van der Waals surface area contributed by atoms with Gasteiger partial charge in [0.2, 0.25) is 5.43 Å². The lowest BCUT2D eigenvalue weighted by Crippen LogP contribution is -2.43. The number of carbonyl (C=O) groups excluding carboxylic acids is 1. The molecule has 10 heteroatoms. The summed E-state index contributed by atoms with van der Waals surface area (Å²) in [5.74, 6) is 0.390. The van der Waals surface area contributed by atoms with Gasteiger partial charge in [-0.2, -0.15) is 10.3 Å². The Labute approximate surface area is 231 Å². The van der Waals surface area contributed by atoms with Gasteiger partial charge in [-0.05, 0) is 76.2 Å². The minimum atomic E-state index is -2.11. The topological polar surface area (TPSA) is 109 Å². The number of fused-ring (bicyclic) bond motifs is 1. The van der Waals surface area contributed by atoms with Crippen LogP contribution in [0, 0.1) is 11.3 Å². The van der Waals surface area contributed by atoms with Crippen LogP contribution in [0.3, 0.4) is 0 Å². The van der Waals surface area contributed by atoms with Crippen molar-refractivity contribution in [2.75, 3.05) is 18.3 Å². The van der Waals surface area contributed by atoms with Crippen molar-refractivity contribution in [3.8, 4) is 11.8 Å². The zero-order chi connectivity index (χ0) is 29.2. The van der Waals surface area contributed by atoms with Crippen molar-refractivity contribution in [2.45, 2.75) is 78.6 Å². The zero-order valence-corrected chi connectivity index (χ0v) is 25.5. The van der Waals surface area contributed by atoms with Crippen LogP contribution < -0.4 is 15.2 Å². The number of anilines is 1. The molecule has 0 bridgehead atoms. The first-order valence-electron chi connectivity index (χ1n) is 13.2. The second-order valence-corrected chi connectivity index (χ2v) is 16.7. The Morgan fingerprint density at radius 1 is 1.10 bits per heavy atom. The van der Waals surface area contributed by atoms with E-state index in [0.29, 0.717) is 23.4 Å². The monoisotopic (exact) mass is 552 g/mol. The van der Waals surface area contributed by atoms with Crippen molar-refractivity contribution in [1.29, 1.82) is 5.26 Å². The molecule has 1 N–H and O–H groups in total. The molecule has 0 fully saturated rings. The first-order chi connectivity index (χ1) is 18.1. The molecule has 210 valence electrons. The Morgan fingerprint density at radius 2 is 1.74 bits per heavy atom. The predicted molar refractivity (Wildman–Crippen MR) is 155 cm³/mol. The number of pyridine rings is 1. The third-order valence-corrected chi connectivity index (χ3v) is 11.4. The number of aromatic amines is 1. The number of H-pyrrole nitrogens is 1. The summed E-state index contributed by atoms with van der Waals surface area (Å²) in [7, 11) is -2.11. The van der Waals surface area contributed by atoms with Gasteiger partial charge < -0.3 is 9.16 Å². The van der Waals surface area contributed by atoms with E-state index in [2.05, 4.69) is 39.0 Å². The molecule has 1 aromatic carbocycles. The number of amides is 1. The Bertz CT molecular complexity index is 1420. The van der Waals surface area contributed by atoms with Gasteiger partial charge in [0.15, 0.2) is 14.1 Å². The van der Waals surface area contributed by atoms with E-state index in [4.69, 9.17) is 14.0 Å². The molecule has 0 aliphatic heterocycles. The number of benzene rings is 1. The molecule has 1 amide bonds. The quantitative estimate of drug-likeness (QED) is 0.264. The van der Waals surface area contributed by atoms with E-state index < -0.39 is 25.3 Å². The van der Waals surface area contributed by atoms with Gasteiger partial charge in [0.1, 0.15) is 17.4 Å². The summed E-state index contributed by atoms with van der Waals surface area (Å²) < 4.78 is 13.5. The third-order valence-electron chi connectivity index (χ3n) is 6.81. The van der Waals surface area contributed by atoms with Crippen LogP contribution in [0.5, 0.6) is 5.75 Å². The molecule has 0 spiro atoms. The molecule has 2 aromatic heterocycles. The molecule has 0 saturated carbocycles. The van der Waals surface area contributed by atoms with Crippen LogP contribution in [0.15, 0.2) is 41.3 Å². The molecule has 0 unspecified atom stereocenters. The summed E-state index contributed by atoms with van der Waals surface area (Å²) in [5.41, 5.74) is -0.281. The van der Waals surface area contributed by atoms with Gasteiger partial charge >= 0.3 is 0 Å². The maximum Gasteiger partial charge on any atom is 0.283 e. The summed E-state index contributed by atoms with van der Waals surface area (Å²) >= 11 is 0. The van der Waals surface area contributed by atoms with Crippen molar-refractivity contribution in [3.05, 3.63) is 63.4 Å². The fraction of sp³-hybridized carbons (Fsp3) is 0.483. The minimum Gasteiger partial charge on any atom is -0.494 e. The SMILES string of the molecule is CCOc1ccc(C(=O)N(OC(C)(C)C)c2c(CCO[Si](C)(C)C(C)(C)C)c(=O)c(C#N)c3cc[nH]n23)cc1. The number of hydrogen-bond donors (Lipinski definition) is 1. The van der Waals surface area contributed by atoms with Gasteiger partial charge in [0, 0.05) is 30.4 Å². The molecule has 3 aromatic rings.